The summed E-state index contributed by atoms with van der Waals surface area (Å²) in [5, 5.41) is 2.44. The molecule has 1 aliphatic rings. The standard InChI is InChI=1S/C15H15NO/c17-15(16-8-3-9-16)11-12-6-7-13-4-1-2-5-14(13)10-12/h1-2,4-7,10H,3,8-9,11H2. The van der Waals surface area contributed by atoms with Gasteiger partial charge in [-0.15, -0.1) is 0 Å². The van der Waals surface area contributed by atoms with E-state index in [0.717, 1.165) is 25.1 Å². The van der Waals surface area contributed by atoms with Crippen LogP contribution in [0.2, 0.25) is 0 Å². The van der Waals surface area contributed by atoms with Gasteiger partial charge < -0.3 is 4.90 Å². The number of benzene rings is 2. The van der Waals surface area contributed by atoms with Gasteiger partial charge in [-0.2, -0.15) is 0 Å². The van der Waals surface area contributed by atoms with Crippen LogP contribution < -0.4 is 0 Å². The van der Waals surface area contributed by atoms with Crippen LogP contribution in [0.5, 0.6) is 0 Å². The molecule has 0 N–H and O–H groups in total. The second kappa shape index (κ2) is 4.21. The zero-order valence-electron chi connectivity index (χ0n) is 9.73. The highest BCUT2D eigenvalue weighted by Crippen LogP contribution is 2.17. The first kappa shape index (κ1) is 10.3. The number of amides is 1. The molecule has 0 aliphatic carbocycles. The molecule has 1 amide bonds. The van der Waals surface area contributed by atoms with E-state index in [4.69, 9.17) is 0 Å². The molecule has 1 aliphatic heterocycles. The summed E-state index contributed by atoms with van der Waals surface area (Å²) in [5.41, 5.74) is 1.11. The maximum Gasteiger partial charge on any atom is 0.226 e. The van der Waals surface area contributed by atoms with E-state index in [2.05, 4.69) is 30.3 Å². The van der Waals surface area contributed by atoms with Crippen LogP contribution in [0.25, 0.3) is 10.8 Å². The summed E-state index contributed by atoms with van der Waals surface area (Å²) in [7, 11) is 0. The van der Waals surface area contributed by atoms with Gasteiger partial charge >= 0.3 is 0 Å². The predicted octanol–water partition coefficient (Wildman–Crippen LogP) is 2.61. The minimum absolute atomic E-state index is 0.256. The normalized spacial score (nSPS) is 14.7. The molecule has 0 saturated carbocycles. The molecular formula is C15H15NO. The molecule has 1 heterocycles. The fourth-order valence-electron chi connectivity index (χ4n) is 2.20. The molecule has 2 aromatic rings. The quantitative estimate of drug-likeness (QED) is 0.769. The molecule has 0 atom stereocenters. The van der Waals surface area contributed by atoms with Crippen molar-refractivity contribution >= 4 is 16.7 Å². The maximum absolute atomic E-state index is 11.9. The van der Waals surface area contributed by atoms with Crippen LogP contribution in [-0.4, -0.2) is 23.9 Å². The van der Waals surface area contributed by atoms with Crippen molar-refractivity contribution in [1.29, 1.82) is 0 Å². The summed E-state index contributed by atoms with van der Waals surface area (Å²) < 4.78 is 0. The molecule has 0 spiro atoms. The van der Waals surface area contributed by atoms with Gasteiger partial charge in [-0.05, 0) is 22.8 Å². The molecule has 0 bridgehead atoms. The largest absolute Gasteiger partial charge is 0.342 e. The Morgan fingerprint density at radius 1 is 1.06 bits per heavy atom. The van der Waals surface area contributed by atoms with Gasteiger partial charge in [0.1, 0.15) is 0 Å². The molecular weight excluding hydrogens is 210 g/mol. The Labute approximate surface area is 101 Å². The van der Waals surface area contributed by atoms with Gasteiger partial charge in [-0.1, -0.05) is 42.5 Å². The minimum Gasteiger partial charge on any atom is -0.342 e. The van der Waals surface area contributed by atoms with E-state index >= 15 is 0 Å². The van der Waals surface area contributed by atoms with Crippen LogP contribution in [0.3, 0.4) is 0 Å². The fourth-order valence-corrected chi connectivity index (χ4v) is 2.20. The van der Waals surface area contributed by atoms with Crippen molar-refractivity contribution in [3.8, 4) is 0 Å². The van der Waals surface area contributed by atoms with Crippen molar-refractivity contribution in [3.63, 3.8) is 0 Å². The van der Waals surface area contributed by atoms with Crippen molar-refractivity contribution in [2.75, 3.05) is 13.1 Å². The number of likely N-dealkylation sites (tertiary alicyclic amines) is 1. The number of nitrogens with zero attached hydrogens (tertiary/aromatic N) is 1. The molecule has 17 heavy (non-hydrogen) atoms. The summed E-state index contributed by atoms with van der Waals surface area (Å²) in [6.45, 7) is 1.87. The van der Waals surface area contributed by atoms with Gasteiger partial charge in [0.2, 0.25) is 5.91 Å². The third-order valence-corrected chi connectivity index (χ3v) is 3.38. The first-order valence-corrected chi connectivity index (χ1v) is 6.08. The summed E-state index contributed by atoms with van der Waals surface area (Å²) in [4.78, 5) is 13.8. The average Bonchev–Trinajstić information content (AvgIpc) is 2.26. The van der Waals surface area contributed by atoms with Crippen LogP contribution in [0.15, 0.2) is 42.5 Å². The van der Waals surface area contributed by atoms with Gasteiger partial charge in [-0.25, -0.2) is 0 Å². The van der Waals surface area contributed by atoms with Crippen LogP contribution in [0, 0.1) is 0 Å². The van der Waals surface area contributed by atoms with Crippen molar-refractivity contribution in [2.45, 2.75) is 12.8 Å². The number of hydrogen-bond acceptors (Lipinski definition) is 1. The number of hydrogen-bond donors (Lipinski definition) is 0. The van der Waals surface area contributed by atoms with E-state index in [9.17, 15) is 4.79 Å². The Balaban J connectivity index is 1.82. The highest BCUT2D eigenvalue weighted by Gasteiger charge is 2.19. The Hall–Kier alpha value is -1.83. The third kappa shape index (κ3) is 2.03. The molecule has 0 aromatic heterocycles. The van der Waals surface area contributed by atoms with Crippen molar-refractivity contribution in [1.82, 2.24) is 4.90 Å². The van der Waals surface area contributed by atoms with E-state index in [1.807, 2.05) is 17.0 Å². The van der Waals surface area contributed by atoms with Crippen molar-refractivity contribution in [3.05, 3.63) is 48.0 Å². The Bertz CT molecular complexity index is 558. The Kier molecular flexibility index (Phi) is 2.56. The molecule has 0 radical (unpaired) electrons. The molecule has 2 heteroatoms. The van der Waals surface area contributed by atoms with Crippen LogP contribution in [0.4, 0.5) is 0 Å². The van der Waals surface area contributed by atoms with Gasteiger partial charge in [-0.3, -0.25) is 4.79 Å². The van der Waals surface area contributed by atoms with E-state index in [1.165, 1.54) is 10.8 Å². The fraction of sp³-hybridized carbons (Fsp3) is 0.267. The van der Waals surface area contributed by atoms with Crippen LogP contribution in [0.1, 0.15) is 12.0 Å². The zero-order valence-corrected chi connectivity index (χ0v) is 9.73. The SMILES string of the molecule is O=C(Cc1ccc2ccccc2c1)N1CCC1. The van der Waals surface area contributed by atoms with Gasteiger partial charge in [0.15, 0.2) is 0 Å². The summed E-state index contributed by atoms with van der Waals surface area (Å²) >= 11 is 0. The summed E-state index contributed by atoms with van der Waals surface area (Å²) in [6, 6.07) is 14.5. The highest BCUT2D eigenvalue weighted by atomic mass is 16.2. The molecule has 1 saturated heterocycles. The second-order valence-corrected chi connectivity index (χ2v) is 4.59. The van der Waals surface area contributed by atoms with E-state index in [1.54, 1.807) is 0 Å². The van der Waals surface area contributed by atoms with Crippen LogP contribution in [-0.2, 0) is 11.2 Å². The Morgan fingerprint density at radius 3 is 2.53 bits per heavy atom. The minimum atomic E-state index is 0.256. The molecule has 2 nitrogen and oxygen atoms in total. The lowest BCUT2D eigenvalue weighted by atomic mass is 10.0. The Morgan fingerprint density at radius 2 is 1.82 bits per heavy atom. The average molecular weight is 225 g/mol. The number of carbonyl (C=O) groups excluding carboxylic acids is 1. The van der Waals surface area contributed by atoms with Crippen molar-refractivity contribution in [2.24, 2.45) is 0 Å². The third-order valence-electron chi connectivity index (χ3n) is 3.38. The number of fused-ring (bicyclic) bond motifs is 1. The predicted molar refractivity (Wildman–Crippen MR) is 68.8 cm³/mol. The monoisotopic (exact) mass is 225 g/mol. The molecule has 86 valence electrons. The molecule has 0 unspecified atom stereocenters. The number of rotatable bonds is 2. The van der Waals surface area contributed by atoms with Crippen LogP contribution >= 0.6 is 0 Å². The lowest BCUT2D eigenvalue weighted by Gasteiger charge is -2.31. The van der Waals surface area contributed by atoms with E-state index in [-0.39, 0.29) is 5.91 Å². The first-order valence-electron chi connectivity index (χ1n) is 6.08. The maximum atomic E-state index is 11.9. The smallest absolute Gasteiger partial charge is 0.226 e. The summed E-state index contributed by atoms with van der Waals surface area (Å²) in [6.07, 6.45) is 1.69. The second-order valence-electron chi connectivity index (χ2n) is 4.59. The molecule has 2 aromatic carbocycles. The topological polar surface area (TPSA) is 20.3 Å². The molecule has 3 rings (SSSR count). The highest BCUT2D eigenvalue weighted by molar-refractivity contribution is 5.85. The summed E-state index contributed by atoms with van der Waals surface area (Å²) in [5.74, 6) is 0.256. The van der Waals surface area contributed by atoms with E-state index < -0.39 is 0 Å². The van der Waals surface area contributed by atoms with E-state index in [0.29, 0.717) is 6.42 Å². The van der Waals surface area contributed by atoms with Gasteiger partial charge in [0.25, 0.3) is 0 Å². The zero-order chi connectivity index (χ0) is 11.7. The molecule has 1 fully saturated rings. The lowest BCUT2D eigenvalue weighted by Crippen LogP contribution is -2.42. The number of carbonyl (C=O) groups is 1. The lowest BCUT2D eigenvalue weighted by molar-refractivity contribution is -0.133. The van der Waals surface area contributed by atoms with Gasteiger partial charge in [0, 0.05) is 13.1 Å². The van der Waals surface area contributed by atoms with Gasteiger partial charge in [0.05, 0.1) is 6.42 Å². The first-order chi connectivity index (χ1) is 8.33. The van der Waals surface area contributed by atoms with Crippen molar-refractivity contribution < 1.29 is 4.79 Å².